The number of nitrogens with two attached hydrogens (primary N) is 4. The predicted octanol–water partition coefficient (Wildman–Crippen LogP) is -0.875. The Balaban J connectivity index is 0. The second kappa shape index (κ2) is 19.5. The third-order valence-corrected chi connectivity index (χ3v) is 5.08. The van der Waals surface area contributed by atoms with E-state index in [9.17, 15) is 19.2 Å². The summed E-state index contributed by atoms with van der Waals surface area (Å²) in [5.74, 6) is -3.89. The van der Waals surface area contributed by atoms with E-state index in [1.54, 1.807) is 0 Å². The first-order valence-corrected chi connectivity index (χ1v) is 12.2. The number of aliphatic hydroxyl groups is 2. The molecule has 15 heteroatoms. The first-order chi connectivity index (χ1) is 18.3. The Labute approximate surface area is 231 Å². The van der Waals surface area contributed by atoms with Crippen molar-refractivity contribution < 1.29 is 49.8 Å². The lowest BCUT2D eigenvalue weighted by atomic mass is 10.1. The molecule has 228 valence electrons. The van der Waals surface area contributed by atoms with Crippen molar-refractivity contribution in [2.45, 2.75) is 76.9 Å². The second-order valence-corrected chi connectivity index (χ2v) is 9.29. The normalized spacial score (nSPS) is 14.9. The van der Waals surface area contributed by atoms with Gasteiger partial charge < -0.3 is 58.6 Å². The van der Waals surface area contributed by atoms with E-state index in [2.05, 4.69) is 4.98 Å². The number of carboxylic acids is 4. The smallest absolute Gasteiger partial charge is 0.323 e. The average Bonchev–Trinajstić information content (AvgIpc) is 3.26. The molecule has 0 unspecified atom stereocenters. The summed E-state index contributed by atoms with van der Waals surface area (Å²) in [6.45, 7) is 6.56. The van der Waals surface area contributed by atoms with Gasteiger partial charge in [-0.25, -0.2) is 0 Å². The minimum absolute atomic E-state index is 0.347. The first kappa shape index (κ1) is 38.5. The molecule has 0 aliphatic heterocycles. The largest absolute Gasteiger partial charge is 0.480 e. The fourth-order valence-electron chi connectivity index (χ4n) is 2.65. The van der Waals surface area contributed by atoms with E-state index in [1.165, 1.54) is 13.8 Å². The Kier molecular flexibility index (Phi) is 18.8. The minimum atomic E-state index is -1.18. The van der Waals surface area contributed by atoms with Gasteiger partial charge in [-0.1, -0.05) is 32.0 Å². The van der Waals surface area contributed by atoms with Gasteiger partial charge in [-0.15, -0.1) is 0 Å². The molecule has 1 aromatic carbocycles. The number of hydrogen-bond acceptors (Lipinski definition) is 10. The molecular formula is C25H43N5O10. The van der Waals surface area contributed by atoms with E-state index < -0.39 is 60.3 Å². The highest BCUT2D eigenvalue weighted by Crippen LogP contribution is 2.18. The highest BCUT2D eigenvalue weighted by atomic mass is 16.4. The summed E-state index contributed by atoms with van der Waals surface area (Å²) in [6.07, 6.45) is 0.752. The summed E-state index contributed by atoms with van der Waals surface area (Å²) in [6, 6.07) is 3.91. The van der Waals surface area contributed by atoms with Crippen LogP contribution in [-0.2, 0) is 25.6 Å². The Morgan fingerprint density at radius 1 is 0.725 bits per heavy atom. The van der Waals surface area contributed by atoms with Crippen molar-refractivity contribution in [1.82, 2.24) is 4.98 Å². The molecule has 40 heavy (non-hydrogen) atoms. The van der Waals surface area contributed by atoms with Crippen molar-refractivity contribution in [3.05, 3.63) is 36.0 Å². The van der Waals surface area contributed by atoms with Crippen LogP contribution in [0.15, 0.2) is 30.5 Å². The number of H-pyrrole nitrogens is 1. The van der Waals surface area contributed by atoms with Crippen LogP contribution in [0.25, 0.3) is 10.9 Å². The Morgan fingerprint density at radius 2 is 1.15 bits per heavy atom. The maximum absolute atomic E-state index is 10.6. The molecule has 0 spiro atoms. The topological polar surface area (TPSA) is 310 Å². The van der Waals surface area contributed by atoms with E-state index in [4.69, 9.17) is 53.6 Å². The minimum Gasteiger partial charge on any atom is -0.480 e. The number of aliphatic carboxylic acids is 4. The van der Waals surface area contributed by atoms with Gasteiger partial charge in [0.1, 0.15) is 24.2 Å². The van der Waals surface area contributed by atoms with E-state index in [0.717, 1.165) is 16.5 Å². The number of benzene rings is 1. The lowest BCUT2D eigenvalue weighted by molar-refractivity contribution is -0.141. The molecule has 6 atom stereocenters. The lowest BCUT2D eigenvalue weighted by Gasteiger charge is -2.07. The maximum atomic E-state index is 10.6. The van der Waals surface area contributed by atoms with Crippen LogP contribution in [0, 0.1) is 5.92 Å². The van der Waals surface area contributed by atoms with Crippen molar-refractivity contribution >= 4 is 34.8 Å². The van der Waals surface area contributed by atoms with Crippen LogP contribution in [0.2, 0.25) is 0 Å². The zero-order valence-electron chi connectivity index (χ0n) is 23.0. The van der Waals surface area contributed by atoms with Crippen LogP contribution in [0.1, 0.15) is 39.7 Å². The van der Waals surface area contributed by atoms with Crippen LogP contribution in [-0.4, -0.2) is 95.9 Å². The molecule has 15 N–H and O–H groups in total. The number of para-hydroxylation sites is 1. The lowest BCUT2D eigenvalue weighted by Crippen LogP contribution is -2.39. The summed E-state index contributed by atoms with van der Waals surface area (Å²) in [7, 11) is 0. The molecule has 15 nitrogen and oxygen atoms in total. The van der Waals surface area contributed by atoms with E-state index in [1.807, 2.05) is 44.3 Å². The van der Waals surface area contributed by atoms with Crippen LogP contribution in [0.3, 0.4) is 0 Å². The van der Waals surface area contributed by atoms with Crippen LogP contribution < -0.4 is 22.9 Å². The third-order valence-electron chi connectivity index (χ3n) is 5.08. The number of hydrogen-bond donors (Lipinski definition) is 11. The molecular weight excluding hydrogens is 530 g/mol. The Bertz CT molecular complexity index is 1030. The fourth-order valence-corrected chi connectivity index (χ4v) is 2.65. The molecule has 0 amide bonds. The van der Waals surface area contributed by atoms with Crippen LogP contribution in [0.4, 0.5) is 0 Å². The first-order valence-electron chi connectivity index (χ1n) is 12.2. The van der Waals surface area contributed by atoms with Crippen molar-refractivity contribution in [3.8, 4) is 0 Å². The number of aliphatic hydroxyl groups excluding tert-OH is 2. The number of aromatic nitrogens is 1. The molecule has 0 radical (unpaired) electrons. The predicted molar refractivity (Wildman–Crippen MR) is 147 cm³/mol. The second-order valence-electron chi connectivity index (χ2n) is 9.29. The summed E-state index contributed by atoms with van der Waals surface area (Å²) >= 11 is 0. The SMILES string of the molecule is CC(C)C[C@H](N)C(=O)O.C[C@@H](O)[C@H](N)C(=O)O.C[C@@H](O)[C@H](N)C(=O)O.N[C@@H](Cc1c[nH]c2ccccc12)C(=O)O. The van der Waals surface area contributed by atoms with E-state index in [0.29, 0.717) is 18.8 Å². The Hall–Kier alpha value is -3.60. The number of rotatable bonds is 10. The number of carboxylic acid groups (broad SMARTS) is 4. The number of aromatic amines is 1. The molecule has 0 fully saturated rings. The van der Waals surface area contributed by atoms with Gasteiger partial charge in [0.15, 0.2) is 0 Å². The zero-order chi connectivity index (χ0) is 31.7. The summed E-state index contributed by atoms with van der Waals surface area (Å²) < 4.78 is 0. The number of carbonyl (C=O) groups is 4. The molecule has 0 bridgehead atoms. The average molecular weight is 574 g/mol. The van der Waals surface area contributed by atoms with Gasteiger partial charge in [0, 0.05) is 23.5 Å². The van der Waals surface area contributed by atoms with Gasteiger partial charge in [-0.3, -0.25) is 19.2 Å². The van der Waals surface area contributed by atoms with Crippen molar-refractivity contribution in [2.24, 2.45) is 28.9 Å². The van der Waals surface area contributed by atoms with E-state index >= 15 is 0 Å². The van der Waals surface area contributed by atoms with Crippen molar-refractivity contribution in [1.29, 1.82) is 0 Å². The zero-order valence-corrected chi connectivity index (χ0v) is 23.0. The molecule has 0 saturated heterocycles. The van der Waals surface area contributed by atoms with Gasteiger partial charge >= 0.3 is 23.9 Å². The molecule has 0 saturated carbocycles. The van der Waals surface area contributed by atoms with Gasteiger partial charge in [0.05, 0.1) is 12.2 Å². The van der Waals surface area contributed by atoms with Gasteiger partial charge in [-0.2, -0.15) is 0 Å². The fraction of sp³-hybridized carbons (Fsp3) is 0.520. The number of fused-ring (bicyclic) bond motifs is 1. The maximum Gasteiger partial charge on any atom is 0.323 e. The van der Waals surface area contributed by atoms with Crippen molar-refractivity contribution in [3.63, 3.8) is 0 Å². The molecule has 1 heterocycles. The highest BCUT2D eigenvalue weighted by Gasteiger charge is 2.17. The quantitative estimate of drug-likeness (QED) is 0.164. The molecule has 2 rings (SSSR count). The highest BCUT2D eigenvalue weighted by molar-refractivity contribution is 5.84. The third kappa shape index (κ3) is 16.4. The summed E-state index contributed by atoms with van der Waals surface area (Å²) in [4.78, 5) is 43.5. The van der Waals surface area contributed by atoms with Crippen molar-refractivity contribution in [2.75, 3.05) is 0 Å². The molecule has 0 aliphatic rings. The summed E-state index contributed by atoms with van der Waals surface area (Å²) in [5.41, 5.74) is 22.5. The van der Waals surface area contributed by atoms with Crippen LogP contribution >= 0.6 is 0 Å². The molecule has 1 aromatic heterocycles. The standard InChI is InChI=1S/C11H12N2O2.C6H13NO2.2C4H9NO3/c12-9(11(14)15)5-7-6-13-10-4-2-1-3-8(7)10;1-4(2)3-5(7)6(8)9;2*1-2(6)3(5)4(7)8/h1-4,6,9,13H,5,12H2,(H,14,15);4-5H,3,7H2,1-2H3,(H,8,9);2*2-3,6H,5H2,1H3,(H,7,8)/t9-;5-;2*2-,3+/m0011/s1. The summed E-state index contributed by atoms with van der Waals surface area (Å²) in [5, 5.41) is 51.2. The Morgan fingerprint density at radius 3 is 1.45 bits per heavy atom. The van der Waals surface area contributed by atoms with E-state index in [-0.39, 0.29) is 0 Å². The molecule has 0 aliphatic carbocycles. The van der Waals surface area contributed by atoms with Gasteiger partial charge in [0.2, 0.25) is 0 Å². The van der Waals surface area contributed by atoms with Gasteiger partial charge in [-0.05, 0) is 37.8 Å². The van der Waals surface area contributed by atoms with Gasteiger partial charge in [0.25, 0.3) is 0 Å². The number of nitrogens with one attached hydrogen (secondary N) is 1. The molecule has 2 aromatic rings. The monoisotopic (exact) mass is 573 g/mol. The van der Waals surface area contributed by atoms with Crippen LogP contribution in [0.5, 0.6) is 0 Å².